The fourth-order valence-electron chi connectivity index (χ4n) is 3.81. The highest BCUT2D eigenvalue weighted by atomic mass is 32.1. The van der Waals surface area contributed by atoms with E-state index in [1.54, 1.807) is 0 Å². The summed E-state index contributed by atoms with van der Waals surface area (Å²) < 4.78 is 0. The second-order valence-corrected chi connectivity index (χ2v) is 7.37. The van der Waals surface area contributed by atoms with Crippen LogP contribution in [0.5, 0.6) is 0 Å². The molecule has 2 aliphatic rings. The summed E-state index contributed by atoms with van der Waals surface area (Å²) in [5.74, 6) is 0.835. The normalized spacial score (nSPS) is 22.9. The van der Waals surface area contributed by atoms with Gasteiger partial charge in [0, 0.05) is 25.2 Å². The zero-order valence-corrected chi connectivity index (χ0v) is 13.3. The largest absolute Gasteiger partial charge is 0.329 e. The second-order valence-electron chi connectivity index (χ2n) is 6.59. The van der Waals surface area contributed by atoms with Crippen LogP contribution in [0.15, 0.2) is 16.8 Å². The van der Waals surface area contributed by atoms with Gasteiger partial charge in [0.2, 0.25) is 0 Å². The van der Waals surface area contributed by atoms with Crippen LogP contribution in [0.2, 0.25) is 0 Å². The SMILES string of the molecule is NCC(C1CCCCCC1)N(Cc1ccsc1)C1CC1. The van der Waals surface area contributed by atoms with Crippen LogP contribution in [-0.2, 0) is 6.54 Å². The topological polar surface area (TPSA) is 29.3 Å². The van der Waals surface area contributed by atoms with E-state index in [9.17, 15) is 0 Å². The zero-order chi connectivity index (χ0) is 13.8. The van der Waals surface area contributed by atoms with Crippen molar-refractivity contribution in [3.05, 3.63) is 22.4 Å². The molecule has 3 rings (SSSR count). The lowest BCUT2D eigenvalue weighted by molar-refractivity contribution is 0.119. The van der Waals surface area contributed by atoms with Crippen molar-refractivity contribution >= 4 is 11.3 Å². The summed E-state index contributed by atoms with van der Waals surface area (Å²) in [5.41, 5.74) is 7.69. The zero-order valence-electron chi connectivity index (χ0n) is 12.5. The summed E-state index contributed by atoms with van der Waals surface area (Å²) in [4.78, 5) is 2.75. The Labute approximate surface area is 127 Å². The average Bonchev–Trinajstić information content (AvgIpc) is 3.23. The molecule has 3 heteroatoms. The van der Waals surface area contributed by atoms with Gasteiger partial charge in [-0.15, -0.1) is 0 Å². The van der Waals surface area contributed by atoms with Crippen LogP contribution in [0.3, 0.4) is 0 Å². The quantitative estimate of drug-likeness (QED) is 0.803. The molecule has 112 valence electrons. The number of thiophene rings is 1. The predicted molar refractivity (Wildman–Crippen MR) is 86.9 cm³/mol. The highest BCUT2D eigenvalue weighted by molar-refractivity contribution is 7.07. The first kappa shape index (κ1) is 14.6. The van der Waals surface area contributed by atoms with Crippen molar-refractivity contribution < 1.29 is 0 Å². The molecule has 2 saturated carbocycles. The summed E-state index contributed by atoms with van der Waals surface area (Å²) in [6.45, 7) is 1.96. The van der Waals surface area contributed by atoms with E-state index in [4.69, 9.17) is 5.73 Å². The van der Waals surface area contributed by atoms with Crippen molar-refractivity contribution in [3.8, 4) is 0 Å². The molecule has 1 aromatic heterocycles. The van der Waals surface area contributed by atoms with Crippen molar-refractivity contribution in [2.45, 2.75) is 70.0 Å². The highest BCUT2D eigenvalue weighted by Crippen LogP contribution is 2.36. The van der Waals surface area contributed by atoms with Gasteiger partial charge in [0.15, 0.2) is 0 Å². The Hall–Kier alpha value is -0.380. The van der Waals surface area contributed by atoms with E-state index >= 15 is 0 Å². The van der Waals surface area contributed by atoms with Crippen LogP contribution in [0.25, 0.3) is 0 Å². The fraction of sp³-hybridized carbons (Fsp3) is 0.765. The van der Waals surface area contributed by atoms with Gasteiger partial charge in [-0.05, 0) is 54.0 Å². The molecule has 1 aromatic rings. The molecule has 0 bridgehead atoms. The molecule has 1 heterocycles. The van der Waals surface area contributed by atoms with E-state index in [1.807, 2.05) is 11.3 Å². The maximum absolute atomic E-state index is 6.21. The smallest absolute Gasteiger partial charge is 0.0253 e. The van der Waals surface area contributed by atoms with Crippen molar-refractivity contribution in [2.75, 3.05) is 6.54 Å². The molecular formula is C17H28N2S. The molecule has 0 amide bonds. The molecule has 0 aromatic carbocycles. The van der Waals surface area contributed by atoms with Gasteiger partial charge in [-0.3, -0.25) is 4.90 Å². The molecule has 0 aliphatic heterocycles. The summed E-state index contributed by atoms with van der Waals surface area (Å²) >= 11 is 1.81. The van der Waals surface area contributed by atoms with Crippen LogP contribution in [-0.4, -0.2) is 23.5 Å². The Morgan fingerprint density at radius 1 is 1.15 bits per heavy atom. The minimum absolute atomic E-state index is 0.612. The number of hydrogen-bond donors (Lipinski definition) is 1. The van der Waals surface area contributed by atoms with Crippen molar-refractivity contribution in [3.63, 3.8) is 0 Å². The first-order valence-corrected chi connectivity index (χ1v) is 9.29. The summed E-state index contributed by atoms with van der Waals surface area (Å²) in [6.07, 6.45) is 11.3. The Bertz CT molecular complexity index is 378. The van der Waals surface area contributed by atoms with E-state index in [-0.39, 0.29) is 0 Å². The number of nitrogens with zero attached hydrogens (tertiary/aromatic N) is 1. The minimum atomic E-state index is 0.612. The van der Waals surface area contributed by atoms with Gasteiger partial charge in [-0.1, -0.05) is 25.7 Å². The maximum Gasteiger partial charge on any atom is 0.0253 e. The lowest BCUT2D eigenvalue weighted by atomic mass is 9.90. The monoisotopic (exact) mass is 292 g/mol. The van der Waals surface area contributed by atoms with Crippen molar-refractivity contribution in [1.29, 1.82) is 0 Å². The van der Waals surface area contributed by atoms with Gasteiger partial charge in [0.05, 0.1) is 0 Å². The molecule has 0 spiro atoms. The molecule has 0 saturated heterocycles. The van der Waals surface area contributed by atoms with Gasteiger partial charge in [-0.25, -0.2) is 0 Å². The molecule has 2 nitrogen and oxygen atoms in total. The Balaban J connectivity index is 1.69. The highest BCUT2D eigenvalue weighted by Gasteiger charge is 2.36. The molecule has 2 fully saturated rings. The fourth-order valence-corrected chi connectivity index (χ4v) is 4.47. The van der Waals surface area contributed by atoms with E-state index in [1.165, 1.54) is 56.9 Å². The third kappa shape index (κ3) is 3.63. The van der Waals surface area contributed by atoms with Crippen LogP contribution in [0, 0.1) is 5.92 Å². The van der Waals surface area contributed by atoms with Crippen molar-refractivity contribution in [2.24, 2.45) is 11.7 Å². The van der Waals surface area contributed by atoms with Crippen LogP contribution in [0.4, 0.5) is 0 Å². The lowest BCUT2D eigenvalue weighted by Crippen LogP contribution is -2.46. The maximum atomic E-state index is 6.21. The summed E-state index contributed by atoms with van der Waals surface area (Å²) in [5, 5.41) is 4.50. The first-order valence-electron chi connectivity index (χ1n) is 8.35. The van der Waals surface area contributed by atoms with Crippen LogP contribution in [0.1, 0.15) is 56.9 Å². The minimum Gasteiger partial charge on any atom is -0.329 e. The Kier molecular flexibility index (Phi) is 5.14. The molecule has 20 heavy (non-hydrogen) atoms. The molecule has 1 atom stereocenters. The molecule has 1 unspecified atom stereocenters. The van der Waals surface area contributed by atoms with Crippen molar-refractivity contribution in [1.82, 2.24) is 4.90 Å². The average molecular weight is 292 g/mol. The first-order chi connectivity index (χ1) is 9.88. The number of hydrogen-bond acceptors (Lipinski definition) is 3. The lowest BCUT2D eigenvalue weighted by Gasteiger charge is -2.36. The summed E-state index contributed by atoms with van der Waals surface area (Å²) in [7, 11) is 0. The second kappa shape index (κ2) is 7.06. The van der Waals surface area contributed by atoms with Gasteiger partial charge in [0.1, 0.15) is 0 Å². The Morgan fingerprint density at radius 3 is 2.45 bits per heavy atom. The van der Waals surface area contributed by atoms with E-state index < -0.39 is 0 Å². The van der Waals surface area contributed by atoms with Gasteiger partial charge in [-0.2, -0.15) is 11.3 Å². The predicted octanol–water partition coefficient (Wildman–Crippen LogP) is 4.01. The van der Waals surface area contributed by atoms with E-state index in [0.717, 1.165) is 25.0 Å². The number of rotatable bonds is 6. The Morgan fingerprint density at radius 2 is 1.90 bits per heavy atom. The third-order valence-corrected chi connectivity index (χ3v) is 5.80. The van der Waals surface area contributed by atoms with Gasteiger partial charge >= 0.3 is 0 Å². The standard InChI is InChI=1S/C17H28N2S/c18-11-17(15-5-3-1-2-4-6-15)19(16-7-8-16)12-14-9-10-20-13-14/h9-10,13,15-17H,1-8,11-12,18H2. The van der Waals surface area contributed by atoms with E-state index in [2.05, 4.69) is 21.7 Å². The van der Waals surface area contributed by atoms with Gasteiger partial charge in [0.25, 0.3) is 0 Å². The van der Waals surface area contributed by atoms with Crippen LogP contribution < -0.4 is 5.73 Å². The third-order valence-electron chi connectivity index (χ3n) is 5.07. The molecule has 2 N–H and O–H groups in total. The number of nitrogens with two attached hydrogens (primary N) is 1. The molecule has 2 aliphatic carbocycles. The summed E-state index contributed by atoms with van der Waals surface area (Å²) in [6, 6.07) is 3.70. The van der Waals surface area contributed by atoms with Crippen LogP contribution >= 0.6 is 11.3 Å². The van der Waals surface area contributed by atoms with E-state index in [0.29, 0.717) is 6.04 Å². The molecular weight excluding hydrogens is 264 g/mol. The van der Waals surface area contributed by atoms with Gasteiger partial charge < -0.3 is 5.73 Å². The molecule has 0 radical (unpaired) electrons.